The zero-order valence-electron chi connectivity index (χ0n) is 12.2. The van der Waals surface area contributed by atoms with Gasteiger partial charge < -0.3 is 14.2 Å². The van der Waals surface area contributed by atoms with Crippen LogP contribution in [-0.4, -0.2) is 32.6 Å². The Bertz CT molecular complexity index is 261. The fraction of sp³-hybridized carbons (Fsp3) is 0.786. The molecule has 0 aromatic heterocycles. The summed E-state index contributed by atoms with van der Waals surface area (Å²) in [6.07, 6.45) is 4.80. The number of hydrogen-bond donors (Lipinski definition) is 0. The van der Waals surface area contributed by atoms with E-state index < -0.39 is 5.79 Å². The van der Waals surface area contributed by atoms with E-state index in [0.29, 0.717) is 6.61 Å². The molecule has 1 aliphatic rings. The van der Waals surface area contributed by atoms with Crippen molar-refractivity contribution in [3.05, 3.63) is 11.6 Å². The first-order valence-corrected chi connectivity index (χ1v) is 6.62. The number of rotatable bonds is 4. The van der Waals surface area contributed by atoms with E-state index in [9.17, 15) is 4.79 Å². The van der Waals surface area contributed by atoms with Gasteiger partial charge in [0, 0.05) is 32.6 Å². The molecule has 0 radical (unpaired) electrons. The first kappa shape index (κ1) is 17.1. The fourth-order valence-electron chi connectivity index (χ4n) is 1.99. The quantitative estimate of drug-likeness (QED) is 0.441. The highest BCUT2D eigenvalue weighted by Gasteiger charge is 2.33. The molecular formula is C14H26O4. The van der Waals surface area contributed by atoms with Crippen molar-refractivity contribution in [3.63, 3.8) is 0 Å². The van der Waals surface area contributed by atoms with Gasteiger partial charge in [0.1, 0.15) is 0 Å². The van der Waals surface area contributed by atoms with Crippen LogP contribution in [0.5, 0.6) is 0 Å². The molecule has 0 N–H and O–H groups in total. The van der Waals surface area contributed by atoms with Crippen molar-refractivity contribution in [3.8, 4) is 0 Å². The molecule has 1 saturated carbocycles. The molecule has 0 atom stereocenters. The van der Waals surface area contributed by atoms with Crippen molar-refractivity contribution < 1.29 is 19.0 Å². The summed E-state index contributed by atoms with van der Waals surface area (Å²) in [4.78, 5) is 11.1. The summed E-state index contributed by atoms with van der Waals surface area (Å²) in [7, 11) is 3.06. The van der Waals surface area contributed by atoms with Gasteiger partial charge in [0.05, 0.1) is 7.11 Å². The summed E-state index contributed by atoms with van der Waals surface area (Å²) in [6.45, 7) is 6.60. The predicted octanol–water partition coefficient (Wildman–Crippen LogP) is 3.07. The van der Waals surface area contributed by atoms with Crippen molar-refractivity contribution >= 4 is 5.97 Å². The molecule has 0 aromatic carbocycles. The summed E-state index contributed by atoms with van der Waals surface area (Å²) in [5, 5.41) is 0. The van der Waals surface area contributed by atoms with Gasteiger partial charge in [-0.25, -0.2) is 4.79 Å². The Balaban J connectivity index is 0.00000137. The molecule has 0 unspecified atom stereocenters. The minimum atomic E-state index is -0.456. The van der Waals surface area contributed by atoms with Crippen LogP contribution in [0.2, 0.25) is 0 Å². The van der Waals surface area contributed by atoms with E-state index in [0.717, 1.165) is 31.3 Å². The molecule has 0 aromatic rings. The Morgan fingerprint density at radius 2 is 1.83 bits per heavy atom. The van der Waals surface area contributed by atoms with Crippen molar-refractivity contribution in [2.45, 2.75) is 52.2 Å². The van der Waals surface area contributed by atoms with Crippen LogP contribution in [-0.2, 0) is 19.0 Å². The van der Waals surface area contributed by atoms with Gasteiger partial charge >= 0.3 is 5.97 Å². The van der Waals surface area contributed by atoms with Gasteiger partial charge in [-0.1, -0.05) is 19.4 Å². The Kier molecular flexibility index (Phi) is 8.67. The molecule has 0 saturated heterocycles. The van der Waals surface area contributed by atoms with Gasteiger partial charge in [-0.15, -0.1) is 0 Å². The number of carbonyl (C=O) groups excluding carboxylic acids is 1. The second kappa shape index (κ2) is 9.11. The normalized spacial score (nSPS) is 22.8. The van der Waals surface area contributed by atoms with Crippen LogP contribution < -0.4 is 0 Å². The number of hydrogen-bond acceptors (Lipinski definition) is 4. The first-order valence-electron chi connectivity index (χ1n) is 6.62. The molecule has 4 heteroatoms. The predicted molar refractivity (Wildman–Crippen MR) is 71.3 cm³/mol. The molecule has 0 aliphatic heterocycles. The number of allylic oxidation sites excluding steroid dienone is 1. The molecule has 4 nitrogen and oxygen atoms in total. The molecule has 1 aliphatic carbocycles. The summed E-state index contributed by atoms with van der Waals surface area (Å²) in [5.41, 5.74) is 1.11. The standard InChI is InChI=1S/C12H20O4.C2H6/c1-4-16-12(15-3)7-5-10(6-8-12)9-11(13)14-2;1-2/h9H,4-8H2,1-3H3;1-2H3. The molecule has 0 spiro atoms. The number of carbonyl (C=O) groups is 1. The lowest BCUT2D eigenvalue weighted by molar-refractivity contribution is -0.232. The minimum Gasteiger partial charge on any atom is -0.466 e. The van der Waals surface area contributed by atoms with Gasteiger partial charge in [-0.3, -0.25) is 0 Å². The molecule has 0 heterocycles. The molecule has 0 bridgehead atoms. The lowest BCUT2D eigenvalue weighted by atomic mass is 9.89. The molecule has 1 rings (SSSR count). The average molecular weight is 258 g/mol. The zero-order valence-corrected chi connectivity index (χ0v) is 12.2. The van der Waals surface area contributed by atoms with Crippen LogP contribution in [0.25, 0.3) is 0 Å². The van der Waals surface area contributed by atoms with Gasteiger partial charge in [0.25, 0.3) is 0 Å². The second-order valence-corrected chi connectivity index (χ2v) is 3.87. The minimum absolute atomic E-state index is 0.281. The largest absolute Gasteiger partial charge is 0.466 e. The molecule has 18 heavy (non-hydrogen) atoms. The molecule has 106 valence electrons. The third-order valence-corrected chi connectivity index (χ3v) is 2.96. The van der Waals surface area contributed by atoms with Crippen molar-refractivity contribution in [2.75, 3.05) is 20.8 Å². The maximum atomic E-state index is 11.1. The summed E-state index contributed by atoms with van der Waals surface area (Å²) >= 11 is 0. The van der Waals surface area contributed by atoms with E-state index >= 15 is 0 Å². The average Bonchev–Trinajstić information content (AvgIpc) is 2.43. The van der Waals surface area contributed by atoms with Crippen molar-refractivity contribution in [1.82, 2.24) is 0 Å². The van der Waals surface area contributed by atoms with Gasteiger partial charge in [0.15, 0.2) is 5.79 Å². The first-order chi connectivity index (χ1) is 8.65. The smallest absolute Gasteiger partial charge is 0.330 e. The second-order valence-electron chi connectivity index (χ2n) is 3.87. The van der Waals surface area contributed by atoms with Crippen LogP contribution in [0, 0.1) is 0 Å². The van der Waals surface area contributed by atoms with E-state index in [1.54, 1.807) is 13.2 Å². The molecule has 0 amide bonds. The van der Waals surface area contributed by atoms with Crippen molar-refractivity contribution in [1.29, 1.82) is 0 Å². The van der Waals surface area contributed by atoms with Crippen molar-refractivity contribution in [2.24, 2.45) is 0 Å². The Labute approximate surface area is 110 Å². The van der Waals surface area contributed by atoms with Crippen LogP contribution >= 0.6 is 0 Å². The summed E-state index contributed by atoms with van der Waals surface area (Å²) in [6, 6.07) is 0. The summed E-state index contributed by atoms with van der Waals surface area (Å²) < 4.78 is 15.7. The van der Waals surface area contributed by atoms with Gasteiger partial charge in [0.2, 0.25) is 0 Å². The monoisotopic (exact) mass is 258 g/mol. The van der Waals surface area contributed by atoms with E-state index in [1.807, 2.05) is 20.8 Å². The van der Waals surface area contributed by atoms with Crippen LogP contribution in [0.15, 0.2) is 11.6 Å². The highest BCUT2D eigenvalue weighted by Crippen LogP contribution is 2.35. The number of esters is 1. The van der Waals surface area contributed by atoms with E-state index in [-0.39, 0.29) is 5.97 Å². The summed E-state index contributed by atoms with van der Waals surface area (Å²) in [5.74, 6) is -0.737. The topological polar surface area (TPSA) is 44.8 Å². The maximum Gasteiger partial charge on any atom is 0.330 e. The van der Waals surface area contributed by atoms with E-state index in [2.05, 4.69) is 4.74 Å². The zero-order chi connectivity index (χ0) is 14.0. The molecular weight excluding hydrogens is 232 g/mol. The van der Waals surface area contributed by atoms with Crippen LogP contribution in [0.4, 0.5) is 0 Å². The van der Waals surface area contributed by atoms with Crippen LogP contribution in [0.1, 0.15) is 46.5 Å². The van der Waals surface area contributed by atoms with Crippen LogP contribution in [0.3, 0.4) is 0 Å². The molecule has 1 fully saturated rings. The Morgan fingerprint density at radius 1 is 1.28 bits per heavy atom. The van der Waals surface area contributed by atoms with E-state index in [1.165, 1.54) is 7.11 Å². The Hall–Kier alpha value is -0.870. The van der Waals surface area contributed by atoms with Gasteiger partial charge in [-0.05, 0) is 19.8 Å². The lowest BCUT2D eigenvalue weighted by Crippen LogP contribution is -2.37. The highest BCUT2D eigenvalue weighted by atomic mass is 16.7. The number of ether oxygens (including phenoxy) is 3. The number of methoxy groups -OCH3 is 2. The highest BCUT2D eigenvalue weighted by molar-refractivity contribution is 5.82. The third kappa shape index (κ3) is 5.19. The maximum absolute atomic E-state index is 11.1. The van der Waals surface area contributed by atoms with Gasteiger partial charge in [-0.2, -0.15) is 0 Å². The fourth-order valence-corrected chi connectivity index (χ4v) is 1.99. The SMILES string of the molecule is CC.CCOC1(OC)CCC(=CC(=O)OC)CC1. The lowest BCUT2D eigenvalue weighted by Gasteiger charge is -2.36. The third-order valence-electron chi connectivity index (χ3n) is 2.96. The van der Waals surface area contributed by atoms with E-state index in [4.69, 9.17) is 9.47 Å². The Morgan fingerprint density at radius 3 is 2.22 bits per heavy atom.